The lowest BCUT2D eigenvalue weighted by Gasteiger charge is -2.11. The summed E-state index contributed by atoms with van der Waals surface area (Å²) in [6.45, 7) is 0. The van der Waals surface area contributed by atoms with Crippen molar-refractivity contribution >= 4 is 61.4 Å². The summed E-state index contributed by atoms with van der Waals surface area (Å²) in [5, 5.41) is 3.53. The number of thiophene rings is 1. The zero-order chi connectivity index (χ0) is 24.4. The summed E-state index contributed by atoms with van der Waals surface area (Å²) in [5.74, 6) is -0.379. The zero-order valence-electron chi connectivity index (χ0n) is 17.8. The van der Waals surface area contributed by atoms with Gasteiger partial charge in [-0.25, -0.2) is 28.1 Å². The number of amides is 1. The predicted molar refractivity (Wildman–Crippen MR) is 137 cm³/mol. The standard InChI is InChI=1S/C24H16ClN5O3S2/c25-22-11-10-21(34-22)20-14-18(17-4-1-2-5-19(17)29-20)23(31)28-15-6-8-16(9-7-15)35(32,33)30-24-26-12-3-13-27-24/h1-14H,(H,28,31)(H,26,27,30). The number of para-hydroxylation sites is 1. The summed E-state index contributed by atoms with van der Waals surface area (Å²) in [6, 6.07) is 20.1. The average molecular weight is 522 g/mol. The molecule has 0 spiro atoms. The van der Waals surface area contributed by atoms with Crippen molar-refractivity contribution in [3.8, 4) is 10.6 Å². The first-order valence-electron chi connectivity index (χ1n) is 10.3. The Morgan fingerprint density at radius 3 is 2.37 bits per heavy atom. The Labute approximate surface area is 209 Å². The van der Waals surface area contributed by atoms with E-state index in [9.17, 15) is 13.2 Å². The molecule has 0 saturated carbocycles. The Hall–Kier alpha value is -3.86. The first-order chi connectivity index (χ1) is 16.9. The number of hydrogen-bond donors (Lipinski definition) is 2. The van der Waals surface area contributed by atoms with Gasteiger partial charge in [-0.1, -0.05) is 29.8 Å². The van der Waals surface area contributed by atoms with Crippen molar-refractivity contribution in [3.63, 3.8) is 0 Å². The summed E-state index contributed by atoms with van der Waals surface area (Å²) in [4.78, 5) is 26.5. The van der Waals surface area contributed by atoms with Crippen molar-refractivity contribution in [2.24, 2.45) is 0 Å². The fourth-order valence-electron chi connectivity index (χ4n) is 3.39. The fourth-order valence-corrected chi connectivity index (χ4v) is 5.35. The first kappa shape index (κ1) is 22.9. The second kappa shape index (κ2) is 9.41. The Morgan fingerprint density at radius 2 is 1.66 bits per heavy atom. The van der Waals surface area contributed by atoms with E-state index >= 15 is 0 Å². The van der Waals surface area contributed by atoms with Crippen molar-refractivity contribution in [2.75, 3.05) is 10.0 Å². The molecule has 5 rings (SSSR count). The minimum atomic E-state index is -3.88. The van der Waals surface area contributed by atoms with Crippen LogP contribution in [0, 0.1) is 0 Å². The van der Waals surface area contributed by atoms with Crippen LogP contribution in [0.5, 0.6) is 0 Å². The third-order valence-corrected chi connectivity index (χ3v) is 7.60. The first-order valence-corrected chi connectivity index (χ1v) is 12.9. The minimum Gasteiger partial charge on any atom is -0.322 e. The van der Waals surface area contributed by atoms with Crippen LogP contribution in [0.15, 0.2) is 90.1 Å². The van der Waals surface area contributed by atoms with Crippen molar-refractivity contribution in [2.45, 2.75) is 4.90 Å². The molecule has 174 valence electrons. The summed E-state index contributed by atoms with van der Waals surface area (Å²) < 4.78 is 28.1. The second-order valence-electron chi connectivity index (χ2n) is 7.33. The maximum absolute atomic E-state index is 13.2. The molecule has 0 aliphatic rings. The molecular formula is C24H16ClN5O3S2. The lowest BCUT2D eigenvalue weighted by Crippen LogP contribution is -2.15. The smallest absolute Gasteiger partial charge is 0.264 e. The molecule has 0 atom stereocenters. The number of anilines is 2. The zero-order valence-corrected chi connectivity index (χ0v) is 20.2. The van der Waals surface area contributed by atoms with Crippen LogP contribution in [0.4, 0.5) is 11.6 Å². The summed E-state index contributed by atoms with van der Waals surface area (Å²) in [6.07, 6.45) is 2.87. The van der Waals surface area contributed by atoms with Crippen LogP contribution in [0.3, 0.4) is 0 Å². The third kappa shape index (κ3) is 4.99. The van der Waals surface area contributed by atoms with E-state index in [1.807, 2.05) is 30.3 Å². The molecule has 0 unspecified atom stereocenters. The molecule has 0 aliphatic heterocycles. The normalized spacial score (nSPS) is 11.3. The largest absolute Gasteiger partial charge is 0.322 e. The van der Waals surface area contributed by atoms with Crippen LogP contribution in [0.25, 0.3) is 21.5 Å². The molecule has 0 bridgehead atoms. The molecule has 0 aliphatic carbocycles. The molecule has 5 aromatic rings. The van der Waals surface area contributed by atoms with Gasteiger partial charge >= 0.3 is 0 Å². The van der Waals surface area contributed by atoms with Gasteiger partial charge in [-0.2, -0.15) is 0 Å². The number of aromatic nitrogens is 3. The highest BCUT2D eigenvalue weighted by Gasteiger charge is 2.17. The monoisotopic (exact) mass is 521 g/mol. The maximum Gasteiger partial charge on any atom is 0.264 e. The van der Waals surface area contributed by atoms with Gasteiger partial charge in [-0.3, -0.25) is 4.79 Å². The molecule has 35 heavy (non-hydrogen) atoms. The molecule has 0 radical (unpaired) electrons. The van der Waals surface area contributed by atoms with Gasteiger partial charge in [0.2, 0.25) is 5.95 Å². The van der Waals surface area contributed by atoms with Crippen LogP contribution < -0.4 is 10.0 Å². The highest BCUT2D eigenvalue weighted by molar-refractivity contribution is 7.92. The Bertz CT molecular complexity index is 1640. The molecular weight excluding hydrogens is 506 g/mol. The van der Waals surface area contributed by atoms with E-state index in [-0.39, 0.29) is 16.8 Å². The van der Waals surface area contributed by atoms with E-state index < -0.39 is 10.0 Å². The van der Waals surface area contributed by atoms with Gasteiger partial charge in [-0.15, -0.1) is 11.3 Å². The summed E-state index contributed by atoms with van der Waals surface area (Å²) in [7, 11) is -3.88. The Balaban J connectivity index is 1.41. The molecule has 0 fully saturated rings. The van der Waals surface area contributed by atoms with E-state index in [1.165, 1.54) is 48.0 Å². The topological polar surface area (TPSA) is 114 Å². The quantitative estimate of drug-likeness (QED) is 0.306. The molecule has 3 heterocycles. The van der Waals surface area contributed by atoms with Crippen molar-refractivity contribution in [1.29, 1.82) is 0 Å². The summed E-state index contributed by atoms with van der Waals surface area (Å²) >= 11 is 7.46. The fraction of sp³-hybridized carbons (Fsp3) is 0. The number of fused-ring (bicyclic) bond motifs is 1. The van der Waals surface area contributed by atoms with Gasteiger partial charge in [0.05, 0.1) is 30.9 Å². The van der Waals surface area contributed by atoms with Crippen LogP contribution in [0.2, 0.25) is 4.34 Å². The number of sulfonamides is 1. The molecule has 2 aromatic carbocycles. The number of pyridine rings is 1. The van der Waals surface area contributed by atoms with E-state index in [2.05, 4.69) is 25.0 Å². The number of hydrogen-bond acceptors (Lipinski definition) is 7. The molecule has 2 N–H and O–H groups in total. The lowest BCUT2D eigenvalue weighted by atomic mass is 10.1. The predicted octanol–water partition coefficient (Wildman–Crippen LogP) is 5.46. The number of carbonyl (C=O) groups is 1. The lowest BCUT2D eigenvalue weighted by molar-refractivity contribution is 0.102. The highest BCUT2D eigenvalue weighted by Crippen LogP contribution is 2.32. The van der Waals surface area contributed by atoms with Gasteiger partial charge in [0.1, 0.15) is 0 Å². The Kier molecular flexibility index (Phi) is 6.16. The van der Waals surface area contributed by atoms with E-state index in [0.717, 1.165) is 4.88 Å². The van der Waals surface area contributed by atoms with Gasteiger partial charge in [0.15, 0.2) is 0 Å². The molecule has 0 saturated heterocycles. The summed E-state index contributed by atoms with van der Waals surface area (Å²) in [5.41, 5.74) is 2.19. The number of rotatable bonds is 6. The van der Waals surface area contributed by atoms with Crippen LogP contribution in [-0.2, 0) is 10.0 Å². The van der Waals surface area contributed by atoms with Crippen molar-refractivity contribution in [1.82, 2.24) is 15.0 Å². The minimum absolute atomic E-state index is 0.00849. The number of nitrogens with zero attached hydrogens (tertiary/aromatic N) is 3. The second-order valence-corrected chi connectivity index (χ2v) is 10.7. The highest BCUT2D eigenvalue weighted by atomic mass is 35.5. The van der Waals surface area contributed by atoms with Crippen molar-refractivity contribution < 1.29 is 13.2 Å². The Morgan fingerprint density at radius 1 is 0.914 bits per heavy atom. The van der Waals surface area contributed by atoms with E-state index in [4.69, 9.17) is 11.6 Å². The van der Waals surface area contributed by atoms with Crippen LogP contribution >= 0.6 is 22.9 Å². The van der Waals surface area contributed by atoms with Gasteiger partial charge in [0.25, 0.3) is 15.9 Å². The van der Waals surface area contributed by atoms with Gasteiger partial charge < -0.3 is 5.32 Å². The van der Waals surface area contributed by atoms with Crippen LogP contribution in [0.1, 0.15) is 10.4 Å². The average Bonchev–Trinajstić information content (AvgIpc) is 3.30. The molecule has 1 amide bonds. The van der Waals surface area contributed by atoms with Gasteiger partial charge in [-0.05, 0) is 54.6 Å². The maximum atomic E-state index is 13.2. The molecule has 11 heteroatoms. The third-order valence-electron chi connectivity index (χ3n) is 5.00. The molecule has 3 aromatic heterocycles. The van der Waals surface area contributed by atoms with E-state index in [1.54, 1.807) is 18.2 Å². The number of carbonyl (C=O) groups excluding carboxylic acids is 1. The SMILES string of the molecule is O=C(Nc1ccc(S(=O)(=O)Nc2ncccn2)cc1)c1cc(-c2ccc(Cl)s2)nc2ccccc12. The number of nitrogens with one attached hydrogen (secondary N) is 2. The molecule has 8 nitrogen and oxygen atoms in total. The van der Waals surface area contributed by atoms with Crippen LogP contribution in [-0.4, -0.2) is 29.3 Å². The number of halogens is 1. The number of benzene rings is 2. The van der Waals surface area contributed by atoms with Crippen molar-refractivity contribution in [3.05, 3.63) is 95.1 Å². The van der Waals surface area contributed by atoms with E-state index in [0.29, 0.717) is 32.2 Å². The van der Waals surface area contributed by atoms with Gasteiger partial charge in [0, 0.05) is 23.5 Å².